The monoisotopic (exact) mass is 509 g/mol. The standard InChI is InChI=1S/C23H35N5O6S/c1-3-13(2)19(28-20(30)15(24)11-14-7-5-4-6-8-14)22(32)26-16(9-10-18(25)29)21(31)27-17(12-35)23(33)34/h4-8,13,15-17,19,35H,3,9-12,24H2,1-2H3,(H2,25,29)(H,26,32)(H,27,31)(H,28,30)(H,33,34). The molecule has 1 rings (SSSR count). The highest BCUT2D eigenvalue weighted by Gasteiger charge is 2.32. The van der Waals surface area contributed by atoms with Crippen LogP contribution in [0, 0.1) is 5.92 Å². The molecule has 8 N–H and O–H groups in total. The second-order valence-electron chi connectivity index (χ2n) is 8.32. The topological polar surface area (TPSA) is 194 Å². The van der Waals surface area contributed by atoms with Crippen molar-refractivity contribution in [3.8, 4) is 0 Å². The highest BCUT2D eigenvalue weighted by Crippen LogP contribution is 2.11. The molecular formula is C23H35N5O6S. The Morgan fingerprint density at radius 1 is 0.971 bits per heavy atom. The number of nitrogens with two attached hydrogens (primary N) is 2. The van der Waals surface area contributed by atoms with E-state index in [9.17, 15) is 24.0 Å². The van der Waals surface area contributed by atoms with Crippen molar-refractivity contribution in [2.75, 3.05) is 5.75 Å². The number of thiol groups is 1. The highest BCUT2D eigenvalue weighted by molar-refractivity contribution is 7.80. The van der Waals surface area contributed by atoms with E-state index >= 15 is 0 Å². The van der Waals surface area contributed by atoms with Crippen molar-refractivity contribution in [3.63, 3.8) is 0 Å². The van der Waals surface area contributed by atoms with E-state index in [-0.39, 0.29) is 30.9 Å². The van der Waals surface area contributed by atoms with Crippen molar-refractivity contribution in [3.05, 3.63) is 35.9 Å². The van der Waals surface area contributed by atoms with Gasteiger partial charge in [0.1, 0.15) is 18.1 Å². The van der Waals surface area contributed by atoms with E-state index < -0.39 is 53.8 Å². The zero-order valence-electron chi connectivity index (χ0n) is 19.9. The molecular weight excluding hydrogens is 474 g/mol. The molecule has 0 aliphatic heterocycles. The van der Waals surface area contributed by atoms with E-state index in [0.717, 1.165) is 5.56 Å². The maximum absolute atomic E-state index is 13.1. The lowest BCUT2D eigenvalue weighted by Gasteiger charge is -2.28. The van der Waals surface area contributed by atoms with Crippen molar-refractivity contribution >= 4 is 42.2 Å². The Labute approximate surface area is 210 Å². The average Bonchev–Trinajstić information content (AvgIpc) is 2.82. The van der Waals surface area contributed by atoms with Gasteiger partial charge in [-0.25, -0.2) is 4.79 Å². The van der Waals surface area contributed by atoms with Crippen molar-refractivity contribution in [1.82, 2.24) is 16.0 Å². The Morgan fingerprint density at radius 2 is 1.57 bits per heavy atom. The predicted molar refractivity (Wildman–Crippen MR) is 133 cm³/mol. The average molecular weight is 510 g/mol. The highest BCUT2D eigenvalue weighted by atomic mass is 32.1. The summed E-state index contributed by atoms with van der Waals surface area (Å²) >= 11 is 3.90. The van der Waals surface area contributed by atoms with Crippen LogP contribution in [0.15, 0.2) is 30.3 Å². The molecule has 0 fully saturated rings. The first kappa shape index (κ1) is 29.9. The summed E-state index contributed by atoms with van der Waals surface area (Å²) < 4.78 is 0. The number of rotatable bonds is 15. The summed E-state index contributed by atoms with van der Waals surface area (Å²) in [4.78, 5) is 61.0. The molecule has 5 unspecified atom stereocenters. The van der Waals surface area contributed by atoms with Crippen LogP contribution in [0.1, 0.15) is 38.7 Å². The number of hydrogen-bond acceptors (Lipinski definition) is 7. The number of benzene rings is 1. The van der Waals surface area contributed by atoms with Crippen LogP contribution >= 0.6 is 12.6 Å². The van der Waals surface area contributed by atoms with Crippen LogP contribution in [-0.4, -0.2) is 64.6 Å². The van der Waals surface area contributed by atoms with Gasteiger partial charge >= 0.3 is 5.97 Å². The van der Waals surface area contributed by atoms with E-state index in [1.54, 1.807) is 6.92 Å². The maximum atomic E-state index is 13.1. The Hall–Kier alpha value is -3.12. The summed E-state index contributed by atoms with van der Waals surface area (Å²) in [5, 5.41) is 16.6. The van der Waals surface area contributed by atoms with Gasteiger partial charge in [0.25, 0.3) is 0 Å². The molecule has 5 atom stereocenters. The van der Waals surface area contributed by atoms with Gasteiger partial charge in [-0.1, -0.05) is 50.6 Å². The first-order valence-corrected chi connectivity index (χ1v) is 12.0. The van der Waals surface area contributed by atoms with Crippen LogP contribution in [0.3, 0.4) is 0 Å². The number of carbonyl (C=O) groups excluding carboxylic acids is 4. The van der Waals surface area contributed by atoms with Gasteiger partial charge in [-0.3, -0.25) is 19.2 Å². The quantitative estimate of drug-likeness (QED) is 0.152. The second kappa shape index (κ2) is 15.0. The maximum Gasteiger partial charge on any atom is 0.327 e. The van der Waals surface area contributed by atoms with E-state index in [1.807, 2.05) is 37.3 Å². The molecule has 0 aliphatic carbocycles. The lowest BCUT2D eigenvalue weighted by atomic mass is 9.96. The molecule has 0 bridgehead atoms. The molecule has 35 heavy (non-hydrogen) atoms. The van der Waals surface area contributed by atoms with E-state index in [1.165, 1.54) is 0 Å². The zero-order chi connectivity index (χ0) is 26.5. The molecule has 0 spiro atoms. The molecule has 0 aromatic heterocycles. The summed E-state index contributed by atoms with van der Waals surface area (Å²) in [6.45, 7) is 3.59. The first-order valence-electron chi connectivity index (χ1n) is 11.3. The summed E-state index contributed by atoms with van der Waals surface area (Å²) in [7, 11) is 0. The van der Waals surface area contributed by atoms with Gasteiger partial charge in [0.2, 0.25) is 23.6 Å². The molecule has 1 aromatic carbocycles. The van der Waals surface area contributed by atoms with Gasteiger partial charge in [0, 0.05) is 12.2 Å². The fourth-order valence-corrected chi connectivity index (χ4v) is 3.45. The van der Waals surface area contributed by atoms with Crippen molar-refractivity contribution in [1.29, 1.82) is 0 Å². The SMILES string of the molecule is CCC(C)C(NC(=O)C(N)Cc1ccccc1)C(=O)NC(CCC(N)=O)C(=O)NC(CS)C(=O)O. The lowest BCUT2D eigenvalue weighted by Crippen LogP contribution is -2.59. The fraction of sp³-hybridized carbons (Fsp3) is 0.522. The van der Waals surface area contributed by atoms with E-state index in [0.29, 0.717) is 6.42 Å². The molecule has 0 heterocycles. The van der Waals surface area contributed by atoms with Crippen LogP contribution in [-0.2, 0) is 30.4 Å². The minimum Gasteiger partial charge on any atom is -0.480 e. The number of nitrogens with one attached hydrogen (secondary N) is 3. The normalized spacial score (nSPS) is 15.1. The Kier molecular flexibility index (Phi) is 12.8. The molecule has 0 radical (unpaired) electrons. The molecule has 11 nitrogen and oxygen atoms in total. The minimum atomic E-state index is -1.30. The lowest BCUT2D eigenvalue weighted by molar-refractivity contribution is -0.141. The van der Waals surface area contributed by atoms with Gasteiger partial charge in [0.15, 0.2) is 0 Å². The van der Waals surface area contributed by atoms with Gasteiger partial charge in [0.05, 0.1) is 6.04 Å². The number of carboxylic acids is 1. The summed E-state index contributed by atoms with van der Waals surface area (Å²) in [6, 6.07) is 4.71. The van der Waals surface area contributed by atoms with Crippen molar-refractivity contribution in [2.24, 2.45) is 17.4 Å². The molecule has 4 amide bonds. The molecule has 0 aliphatic rings. The van der Waals surface area contributed by atoms with Gasteiger partial charge in [-0.2, -0.15) is 12.6 Å². The van der Waals surface area contributed by atoms with Crippen molar-refractivity contribution in [2.45, 2.75) is 63.7 Å². The Balaban J connectivity index is 2.98. The zero-order valence-corrected chi connectivity index (χ0v) is 20.8. The molecule has 194 valence electrons. The smallest absolute Gasteiger partial charge is 0.327 e. The molecule has 0 saturated carbocycles. The van der Waals surface area contributed by atoms with Crippen LogP contribution < -0.4 is 27.4 Å². The third kappa shape index (κ3) is 10.4. The third-order valence-electron chi connectivity index (χ3n) is 5.54. The predicted octanol–water partition coefficient (Wildman–Crippen LogP) is -0.663. The largest absolute Gasteiger partial charge is 0.480 e. The summed E-state index contributed by atoms with van der Waals surface area (Å²) in [5.41, 5.74) is 12.1. The number of amides is 4. The second-order valence-corrected chi connectivity index (χ2v) is 8.68. The molecule has 1 aromatic rings. The Bertz CT molecular complexity index is 884. The van der Waals surface area contributed by atoms with E-state index in [4.69, 9.17) is 16.6 Å². The molecule has 0 saturated heterocycles. The molecule has 12 heteroatoms. The summed E-state index contributed by atoms with van der Waals surface area (Å²) in [5.74, 6) is -4.49. The Morgan fingerprint density at radius 3 is 2.09 bits per heavy atom. The first-order chi connectivity index (χ1) is 16.5. The number of carboxylic acid groups (broad SMARTS) is 1. The number of hydrogen-bond donors (Lipinski definition) is 7. The summed E-state index contributed by atoms with van der Waals surface area (Å²) in [6.07, 6.45) is 0.427. The van der Waals surface area contributed by atoms with Gasteiger partial charge < -0.3 is 32.5 Å². The van der Waals surface area contributed by atoms with Crippen LogP contribution in [0.4, 0.5) is 0 Å². The van der Waals surface area contributed by atoms with Crippen LogP contribution in [0.2, 0.25) is 0 Å². The third-order valence-corrected chi connectivity index (χ3v) is 5.90. The van der Waals surface area contributed by atoms with Gasteiger partial charge in [-0.15, -0.1) is 0 Å². The minimum absolute atomic E-state index is 0.152. The number of carbonyl (C=O) groups is 5. The van der Waals surface area contributed by atoms with Crippen LogP contribution in [0.25, 0.3) is 0 Å². The van der Waals surface area contributed by atoms with E-state index in [2.05, 4.69) is 28.6 Å². The van der Waals surface area contributed by atoms with Gasteiger partial charge in [-0.05, 0) is 24.3 Å². The number of primary amides is 1. The van der Waals surface area contributed by atoms with Crippen molar-refractivity contribution < 1.29 is 29.1 Å². The van der Waals surface area contributed by atoms with Crippen LogP contribution in [0.5, 0.6) is 0 Å². The number of aliphatic carboxylic acids is 1. The fourth-order valence-electron chi connectivity index (χ4n) is 3.20.